The minimum atomic E-state index is -0.503. The molecule has 112 valence electrons. The van der Waals surface area contributed by atoms with Gasteiger partial charge < -0.3 is 10.4 Å². The maximum absolute atomic E-state index is 11.0. The first-order valence-electron chi connectivity index (χ1n) is 6.58. The minimum absolute atomic E-state index is 0.105. The summed E-state index contributed by atoms with van der Waals surface area (Å²) >= 11 is 1.69. The standard InChI is InChI=1S/C15H18N2O3S/c1-15(2,3)14-7-5-11(21-14)9-16-12-6-4-10(18)8-13(12)17(19)20/h4-8,16,18H,9H2,1-3H3. The molecule has 0 amide bonds. The highest BCUT2D eigenvalue weighted by molar-refractivity contribution is 7.12. The molecule has 0 aliphatic carbocycles. The molecular weight excluding hydrogens is 288 g/mol. The molecule has 0 bridgehead atoms. The number of nitrogens with zero attached hydrogens (tertiary/aromatic N) is 1. The van der Waals surface area contributed by atoms with Gasteiger partial charge in [0.25, 0.3) is 5.69 Å². The zero-order chi connectivity index (χ0) is 15.6. The number of thiophene rings is 1. The fourth-order valence-electron chi connectivity index (χ4n) is 1.88. The fraction of sp³-hybridized carbons (Fsp3) is 0.333. The van der Waals surface area contributed by atoms with Crippen molar-refractivity contribution in [2.75, 3.05) is 5.32 Å². The van der Waals surface area contributed by atoms with E-state index in [4.69, 9.17) is 0 Å². The molecule has 0 radical (unpaired) electrons. The lowest BCUT2D eigenvalue weighted by Crippen LogP contribution is -2.07. The molecule has 1 heterocycles. The number of phenols is 1. The highest BCUT2D eigenvalue weighted by atomic mass is 32.1. The van der Waals surface area contributed by atoms with Gasteiger partial charge >= 0.3 is 0 Å². The summed E-state index contributed by atoms with van der Waals surface area (Å²) in [5.41, 5.74) is 0.388. The Morgan fingerprint density at radius 1 is 1.29 bits per heavy atom. The van der Waals surface area contributed by atoms with Gasteiger partial charge in [0.05, 0.1) is 11.0 Å². The van der Waals surface area contributed by atoms with Gasteiger partial charge in [0.1, 0.15) is 11.4 Å². The van der Waals surface area contributed by atoms with Crippen LogP contribution in [-0.2, 0) is 12.0 Å². The average molecular weight is 306 g/mol. The highest BCUT2D eigenvalue weighted by Gasteiger charge is 2.17. The smallest absolute Gasteiger partial charge is 0.296 e. The fourth-order valence-corrected chi connectivity index (χ4v) is 2.88. The average Bonchev–Trinajstić information content (AvgIpc) is 2.85. The molecule has 0 saturated carbocycles. The maximum atomic E-state index is 11.0. The van der Waals surface area contributed by atoms with E-state index in [9.17, 15) is 15.2 Å². The van der Waals surface area contributed by atoms with Crippen molar-refractivity contribution in [3.05, 3.63) is 50.2 Å². The van der Waals surface area contributed by atoms with Gasteiger partial charge in [0.2, 0.25) is 0 Å². The third-order valence-electron chi connectivity index (χ3n) is 3.03. The van der Waals surface area contributed by atoms with E-state index in [1.54, 1.807) is 11.3 Å². The summed E-state index contributed by atoms with van der Waals surface area (Å²) in [6.45, 7) is 6.98. The predicted octanol–water partition coefficient (Wildman–Crippen LogP) is 4.27. The van der Waals surface area contributed by atoms with E-state index in [0.29, 0.717) is 12.2 Å². The largest absolute Gasteiger partial charge is 0.508 e. The molecule has 0 saturated heterocycles. The molecule has 0 atom stereocenters. The number of anilines is 1. The van der Waals surface area contributed by atoms with E-state index in [0.717, 1.165) is 10.9 Å². The number of benzene rings is 1. The third-order valence-corrected chi connectivity index (χ3v) is 4.54. The molecule has 2 aromatic rings. The number of hydrogen-bond acceptors (Lipinski definition) is 5. The van der Waals surface area contributed by atoms with Crippen LogP contribution in [0.4, 0.5) is 11.4 Å². The second kappa shape index (κ2) is 5.73. The van der Waals surface area contributed by atoms with Crippen LogP contribution in [0.25, 0.3) is 0 Å². The maximum Gasteiger partial charge on any atom is 0.296 e. The van der Waals surface area contributed by atoms with Crippen molar-refractivity contribution in [1.29, 1.82) is 0 Å². The molecule has 2 rings (SSSR count). The SMILES string of the molecule is CC(C)(C)c1ccc(CNc2ccc(O)cc2[N+](=O)[O-])s1. The summed E-state index contributed by atoms with van der Waals surface area (Å²) in [5, 5.41) is 23.4. The van der Waals surface area contributed by atoms with Gasteiger partial charge in [-0.3, -0.25) is 10.1 Å². The number of nitrogens with one attached hydrogen (secondary N) is 1. The van der Waals surface area contributed by atoms with Crippen LogP contribution < -0.4 is 5.32 Å². The topological polar surface area (TPSA) is 75.4 Å². The summed E-state index contributed by atoms with van der Waals surface area (Å²) in [7, 11) is 0. The Balaban J connectivity index is 2.13. The van der Waals surface area contributed by atoms with Gasteiger partial charge in [0.15, 0.2) is 0 Å². The molecule has 0 fully saturated rings. The van der Waals surface area contributed by atoms with E-state index >= 15 is 0 Å². The molecule has 0 aliphatic heterocycles. The van der Waals surface area contributed by atoms with Crippen LogP contribution in [0.2, 0.25) is 0 Å². The van der Waals surface area contributed by atoms with Crippen molar-refractivity contribution in [2.24, 2.45) is 0 Å². The molecule has 6 heteroatoms. The van der Waals surface area contributed by atoms with Crippen molar-refractivity contribution >= 4 is 22.7 Å². The Morgan fingerprint density at radius 2 is 2.00 bits per heavy atom. The van der Waals surface area contributed by atoms with Gasteiger partial charge in [-0.05, 0) is 29.7 Å². The number of nitro groups is 1. The van der Waals surface area contributed by atoms with E-state index in [2.05, 4.69) is 32.2 Å². The van der Waals surface area contributed by atoms with Gasteiger partial charge in [-0.25, -0.2) is 0 Å². The van der Waals surface area contributed by atoms with Gasteiger partial charge in [-0.1, -0.05) is 20.8 Å². The highest BCUT2D eigenvalue weighted by Crippen LogP contribution is 2.32. The quantitative estimate of drug-likeness (QED) is 0.502. The van der Waals surface area contributed by atoms with Crippen molar-refractivity contribution in [2.45, 2.75) is 32.7 Å². The first-order chi connectivity index (χ1) is 9.77. The zero-order valence-corrected chi connectivity index (χ0v) is 13.0. The molecule has 0 aliphatic rings. The number of phenolic OH excluding ortho intramolecular Hbond substituents is 1. The summed E-state index contributed by atoms with van der Waals surface area (Å²) in [5.74, 6) is -0.113. The van der Waals surface area contributed by atoms with Crippen molar-refractivity contribution in [1.82, 2.24) is 0 Å². The lowest BCUT2D eigenvalue weighted by Gasteiger charge is -2.15. The van der Waals surface area contributed by atoms with E-state index in [1.165, 1.54) is 17.0 Å². The van der Waals surface area contributed by atoms with Crippen LogP contribution in [0.15, 0.2) is 30.3 Å². The lowest BCUT2D eigenvalue weighted by molar-refractivity contribution is -0.384. The molecule has 0 unspecified atom stereocenters. The zero-order valence-electron chi connectivity index (χ0n) is 12.2. The van der Waals surface area contributed by atoms with Gasteiger partial charge in [0, 0.05) is 16.3 Å². The molecular formula is C15H18N2O3S. The Bertz CT molecular complexity index is 659. The second-order valence-electron chi connectivity index (χ2n) is 5.83. The molecule has 1 aromatic heterocycles. The number of rotatable bonds is 4. The number of nitro benzene ring substituents is 1. The molecule has 1 aromatic carbocycles. The van der Waals surface area contributed by atoms with Crippen LogP contribution >= 0.6 is 11.3 Å². The molecule has 5 nitrogen and oxygen atoms in total. The van der Waals surface area contributed by atoms with Crippen LogP contribution in [0.3, 0.4) is 0 Å². The molecule has 21 heavy (non-hydrogen) atoms. The van der Waals surface area contributed by atoms with Crippen LogP contribution in [0.5, 0.6) is 5.75 Å². The summed E-state index contributed by atoms with van der Waals surface area (Å²) in [6.07, 6.45) is 0. The second-order valence-corrected chi connectivity index (χ2v) is 7.00. The first kappa shape index (κ1) is 15.3. The van der Waals surface area contributed by atoms with Gasteiger partial charge in [-0.15, -0.1) is 11.3 Å². The molecule has 0 spiro atoms. The summed E-state index contributed by atoms with van der Waals surface area (Å²) in [4.78, 5) is 12.9. The monoisotopic (exact) mass is 306 g/mol. The Hall–Kier alpha value is -2.08. The third kappa shape index (κ3) is 3.72. The first-order valence-corrected chi connectivity index (χ1v) is 7.39. The van der Waals surface area contributed by atoms with Crippen molar-refractivity contribution in [3.8, 4) is 5.75 Å². The van der Waals surface area contributed by atoms with Crippen LogP contribution in [0.1, 0.15) is 30.5 Å². The summed E-state index contributed by atoms with van der Waals surface area (Å²) < 4.78 is 0. The van der Waals surface area contributed by atoms with Gasteiger partial charge in [-0.2, -0.15) is 0 Å². The minimum Gasteiger partial charge on any atom is -0.508 e. The van der Waals surface area contributed by atoms with E-state index in [-0.39, 0.29) is 16.9 Å². The lowest BCUT2D eigenvalue weighted by atomic mass is 9.95. The Kier molecular flexibility index (Phi) is 4.18. The van der Waals surface area contributed by atoms with E-state index in [1.807, 2.05) is 6.07 Å². The Morgan fingerprint density at radius 3 is 2.57 bits per heavy atom. The van der Waals surface area contributed by atoms with E-state index < -0.39 is 4.92 Å². The normalized spacial score (nSPS) is 11.4. The predicted molar refractivity (Wildman–Crippen MR) is 85.1 cm³/mol. The Labute approximate surface area is 127 Å². The van der Waals surface area contributed by atoms with Crippen molar-refractivity contribution in [3.63, 3.8) is 0 Å². The van der Waals surface area contributed by atoms with Crippen LogP contribution in [-0.4, -0.2) is 10.0 Å². The van der Waals surface area contributed by atoms with Crippen molar-refractivity contribution < 1.29 is 10.0 Å². The molecule has 2 N–H and O–H groups in total. The summed E-state index contributed by atoms with van der Waals surface area (Å²) in [6, 6.07) is 8.23. The number of aromatic hydroxyl groups is 1. The number of hydrogen-bond donors (Lipinski definition) is 2. The van der Waals surface area contributed by atoms with Crippen LogP contribution in [0, 0.1) is 10.1 Å².